The number of carboxylic acids is 1. The first-order valence-corrected chi connectivity index (χ1v) is 5.78. The first-order valence-electron chi connectivity index (χ1n) is 5.78. The van der Waals surface area contributed by atoms with Gasteiger partial charge in [-0.1, -0.05) is 27.7 Å². The molecule has 1 aromatic heterocycles. The maximum absolute atomic E-state index is 11.7. The molecule has 1 unspecified atom stereocenters. The van der Waals surface area contributed by atoms with Crippen LogP contribution in [0, 0.1) is 11.3 Å². The summed E-state index contributed by atoms with van der Waals surface area (Å²) in [6, 6.07) is 1.29. The van der Waals surface area contributed by atoms with Crippen LogP contribution >= 0.6 is 0 Å². The van der Waals surface area contributed by atoms with Gasteiger partial charge >= 0.3 is 5.97 Å². The molecule has 0 aliphatic rings. The average Bonchev–Trinajstić information content (AvgIpc) is 2.64. The predicted octanol–water partition coefficient (Wildman–Crippen LogP) is 2.12. The summed E-state index contributed by atoms with van der Waals surface area (Å²) < 4.78 is 0. The van der Waals surface area contributed by atoms with Gasteiger partial charge < -0.3 is 10.4 Å². The number of aromatic nitrogens is 2. The number of H-pyrrole nitrogens is 1. The van der Waals surface area contributed by atoms with Gasteiger partial charge in [-0.15, -0.1) is 0 Å². The van der Waals surface area contributed by atoms with E-state index in [2.05, 4.69) is 36.3 Å². The molecule has 1 aromatic rings. The van der Waals surface area contributed by atoms with Crippen LogP contribution in [-0.2, 0) is 4.79 Å². The van der Waals surface area contributed by atoms with E-state index in [0.29, 0.717) is 6.42 Å². The van der Waals surface area contributed by atoms with Crippen LogP contribution in [0.2, 0.25) is 0 Å². The van der Waals surface area contributed by atoms with E-state index in [9.17, 15) is 9.59 Å². The third-order valence-corrected chi connectivity index (χ3v) is 3.05. The normalized spacial score (nSPS) is 13.1. The molecule has 100 valence electrons. The summed E-state index contributed by atoms with van der Waals surface area (Å²) in [6.45, 7) is 8.22. The Balaban J connectivity index is 2.57. The Bertz CT molecular complexity index is 446. The minimum atomic E-state index is -1.11. The molecule has 0 saturated heterocycles. The molecular weight excluding hydrogens is 234 g/mol. The van der Waals surface area contributed by atoms with Gasteiger partial charge in [0.2, 0.25) is 5.91 Å². The number of aromatic carboxylic acids is 1. The zero-order chi connectivity index (χ0) is 13.9. The van der Waals surface area contributed by atoms with Crippen molar-refractivity contribution in [2.75, 3.05) is 5.32 Å². The number of carboxylic acid groups (broad SMARTS) is 1. The highest BCUT2D eigenvalue weighted by Crippen LogP contribution is 2.28. The van der Waals surface area contributed by atoms with Gasteiger partial charge in [0.05, 0.1) is 0 Å². The lowest BCUT2D eigenvalue weighted by Gasteiger charge is -2.26. The Labute approximate surface area is 106 Å². The van der Waals surface area contributed by atoms with E-state index in [1.54, 1.807) is 0 Å². The predicted molar refractivity (Wildman–Crippen MR) is 67.4 cm³/mol. The minimum Gasteiger partial charge on any atom is -0.477 e. The third-order valence-electron chi connectivity index (χ3n) is 3.05. The molecular formula is C12H19N3O3. The van der Waals surface area contributed by atoms with Crippen molar-refractivity contribution < 1.29 is 14.7 Å². The number of anilines is 1. The van der Waals surface area contributed by atoms with Crippen LogP contribution in [0.15, 0.2) is 6.07 Å². The Morgan fingerprint density at radius 1 is 1.50 bits per heavy atom. The molecule has 6 nitrogen and oxygen atoms in total. The van der Waals surface area contributed by atoms with Gasteiger partial charge in [0, 0.05) is 12.5 Å². The van der Waals surface area contributed by atoms with Gasteiger partial charge in [-0.05, 0) is 11.3 Å². The lowest BCUT2D eigenvalue weighted by Crippen LogP contribution is -2.24. The fourth-order valence-electron chi connectivity index (χ4n) is 1.27. The SMILES string of the molecule is CC(CC(=O)Nc1cc(C(=O)O)[nH]n1)C(C)(C)C. The third kappa shape index (κ3) is 3.87. The molecule has 0 aromatic carbocycles. The van der Waals surface area contributed by atoms with Gasteiger partial charge in [0.25, 0.3) is 0 Å². The summed E-state index contributed by atoms with van der Waals surface area (Å²) in [5.41, 5.74) is 0.00367. The Morgan fingerprint density at radius 3 is 2.56 bits per heavy atom. The minimum absolute atomic E-state index is 0.0471. The lowest BCUT2D eigenvalue weighted by atomic mass is 9.80. The van der Waals surface area contributed by atoms with E-state index in [1.807, 2.05) is 6.92 Å². The van der Waals surface area contributed by atoms with Crippen molar-refractivity contribution in [2.24, 2.45) is 11.3 Å². The zero-order valence-corrected chi connectivity index (χ0v) is 11.1. The molecule has 0 fully saturated rings. The standard InChI is InChI=1S/C12H19N3O3/c1-7(12(2,3)4)5-10(16)13-9-6-8(11(17)18)14-15-9/h6-7H,5H2,1-4H3,(H,17,18)(H2,13,14,15,16). The first-order chi connectivity index (χ1) is 8.20. The van der Waals surface area contributed by atoms with E-state index >= 15 is 0 Å². The fourth-order valence-corrected chi connectivity index (χ4v) is 1.27. The van der Waals surface area contributed by atoms with Crippen LogP contribution in [0.3, 0.4) is 0 Å². The van der Waals surface area contributed by atoms with Crippen LogP contribution < -0.4 is 5.32 Å². The van der Waals surface area contributed by atoms with Crippen molar-refractivity contribution in [3.8, 4) is 0 Å². The topological polar surface area (TPSA) is 95.1 Å². The molecule has 1 amide bonds. The second kappa shape index (κ2) is 5.20. The highest BCUT2D eigenvalue weighted by molar-refractivity contribution is 5.92. The lowest BCUT2D eigenvalue weighted by molar-refractivity contribution is -0.117. The van der Waals surface area contributed by atoms with Crippen LogP contribution in [0.4, 0.5) is 5.82 Å². The Morgan fingerprint density at radius 2 is 2.11 bits per heavy atom. The molecule has 0 aliphatic carbocycles. The van der Waals surface area contributed by atoms with Crippen LogP contribution in [0.5, 0.6) is 0 Å². The molecule has 0 bridgehead atoms. The van der Waals surface area contributed by atoms with Crippen molar-refractivity contribution in [2.45, 2.75) is 34.1 Å². The molecule has 1 atom stereocenters. The summed E-state index contributed by atoms with van der Waals surface area (Å²) in [5, 5.41) is 17.3. The van der Waals surface area contributed by atoms with Crippen molar-refractivity contribution in [1.29, 1.82) is 0 Å². The average molecular weight is 253 g/mol. The second-order valence-corrected chi connectivity index (χ2v) is 5.49. The molecule has 1 rings (SSSR count). The molecule has 6 heteroatoms. The number of hydrogen-bond acceptors (Lipinski definition) is 3. The van der Waals surface area contributed by atoms with E-state index < -0.39 is 5.97 Å². The van der Waals surface area contributed by atoms with Crippen molar-refractivity contribution in [3.63, 3.8) is 0 Å². The molecule has 1 heterocycles. The van der Waals surface area contributed by atoms with Crippen molar-refractivity contribution in [3.05, 3.63) is 11.8 Å². The van der Waals surface area contributed by atoms with Crippen LogP contribution in [-0.4, -0.2) is 27.2 Å². The molecule has 0 radical (unpaired) electrons. The monoisotopic (exact) mass is 253 g/mol. The summed E-state index contributed by atoms with van der Waals surface area (Å²) in [5.74, 6) is -0.819. The molecule has 0 saturated carbocycles. The number of aromatic amines is 1. The van der Waals surface area contributed by atoms with Gasteiger partial charge in [-0.25, -0.2) is 4.79 Å². The van der Waals surface area contributed by atoms with Crippen molar-refractivity contribution >= 4 is 17.7 Å². The quantitative estimate of drug-likeness (QED) is 0.765. The molecule has 18 heavy (non-hydrogen) atoms. The molecule has 0 spiro atoms. The highest BCUT2D eigenvalue weighted by Gasteiger charge is 2.23. The first kappa shape index (κ1) is 14.2. The molecule has 3 N–H and O–H groups in total. The van der Waals surface area contributed by atoms with E-state index in [0.717, 1.165) is 0 Å². The number of nitrogens with one attached hydrogen (secondary N) is 2. The number of carbonyl (C=O) groups is 2. The Kier molecular flexibility index (Phi) is 4.11. The summed E-state index contributed by atoms with van der Waals surface area (Å²) in [7, 11) is 0. The highest BCUT2D eigenvalue weighted by atomic mass is 16.4. The summed E-state index contributed by atoms with van der Waals surface area (Å²) in [4.78, 5) is 22.4. The van der Waals surface area contributed by atoms with Gasteiger partial charge in [-0.3, -0.25) is 9.89 Å². The van der Waals surface area contributed by atoms with Crippen molar-refractivity contribution in [1.82, 2.24) is 10.2 Å². The number of nitrogens with zero attached hydrogens (tertiary/aromatic N) is 1. The van der Waals surface area contributed by atoms with Gasteiger partial charge in [-0.2, -0.15) is 5.10 Å². The maximum atomic E-state index is 11.7. The maximum Gasteiger partial charge on any atom is 0.353 e. The zero-order valence-electron chi connectivity index (χ0n) is 11.1. The number of rotatable bonds is 4. The van der Waals surface area contributed by atoms with E-state index in [-0.39, 0.29) is 28.8 Å². The number of amides is 1. The van der Waals surface area contributed by atoms with Gasteiger partial charge in [0.15, 0.2) is 5.82 Å². The van der Waals surface area contributed by atoms with Crippen LogP contribution in [0.25, 0.3) is 0 Å². The largest absolute Gasteiger partial charge is 0.477 e. The second-order valence-electron chi connectivity index (χ2n) is 5.49. The van der Waals surface area contributed by atoms with Crippen LogP contribution in [0.1, 0.15) is 44.6 Å². The Hall–Kier alpha value is -1.85. The fraction of sp³-hybridized carbons (Fsp3) is 0.583. The summed E-state index contributed by atoms with van der Waals surface area (Å²) >= 11 is 0. The molecule has 0 aliphatic heterocycles. The van der Waals surface area contributed by atoms with Gasteiger partial charge in [0.1, 0.15) is 5.69 Å². The number of carbonyl (C=O) groups excluding carboxylic acids is 1. The number of hydrogen-bond donors (Lipinski definition) is 3. The van der Waals surface area contributed by atoms with E-state index in [4.69, 9.17) is 5.11 Å². The smallest absolute Gasteiger partial charge is 0.353 e. The summed E-state index contributed by atoms with van der Waals surface area (Å²) in [6.07, 6.45) is 0.374. The van der Waals surface area contributed by atoms with E-state index in [1.165, 1.54) is 6.07 Å².